The van der Waals surface area contributed by atoms with Gasteiger partial charge in [0.15, 0.2) is 11.5 Å². The van der Waals surface area contributed by atoms with Crippen molar-refractivity contribution < 1.29 is 15.0 Å². The molecule has 6 nitrogen and oxygen atoms in total. The molecule has 0 heterocycles. The molecular weight excluding hydrogens is 282 g/mol. The summed E-state index contributed by atoms with van der Waals surface area (Å²) in [5.74, 6) is -0.560. The second-order valence-electron chi connectivity index (χ2n) is 4.97. The van der Waals surface area contributed by atoms with Crippen LogP contribution < -0.4 is 16.4 Å². The number of carbonyl (C=O) groups excluding carboxylic acids is 1. The van der Waals surface area contributed by atoms with E-state index in [1.165, 1.54) is 18.2 Å². The maximum atomic E-state index is 11.6. The van der Waals surface area contributed by atoms with Gasteiger partial charge in [-0.05, 0) is 62.7 Å². The fraction of sp³-hybridized carbons (Fsp3) is 0.438. The van der Waals surface area contributed by atoms with E-state index >= 15 is 0 Å². The molecule has 0 aromatic heterocycles. The van der Waals surface area contributed by atoms with Crippen molar-refractivity contribution in [2.45, 2.75) is 19.3 Å². The molecule has 22 heavy (non-hydrogen) atoms. The third-order valence-corrected chi connectivity index (χ3v) is 3.06. The van der Waals surface area contributed by atoms with Crippen LogP contribution in [0.4, 0.5) is 0 Å². The average Bonchev–Trinajstić information content (AvgIpc) is 2.51. The van der Waals surface area contributed by atoms with Crippen LogP contribution in [0.2, 0.25) is 0 Å². The number of phenols is 2. The highest BCUT2D eigenvalue weighted by Crippen LogP contribution is 2.25. The molecule has 0 atom stereocenters. The van der Waals surface area contributed by atoms with E-state index in [9.17, 15) is 15.0 Å². The minimum atomic E-state index is -0.204. The average molecular weight is 307 g/mol. The number of benzene rings is 1. The molecule has 122 valence electrons. The van der Waals surface area contributed by atoms with Crippen molar-refractivity contribution >= 4 is 12.0 Å². The van der Waals surface area contributed by atoms with Gasteiger partial charge in [0.05, 0.1) is 0 Å². The lowest BCUT2D eigenvalue weighted by molar-refractivity contribution is -0.116. The Balaban J connectivity index is 2.15. The van der Waals surface area contributed by atoms with Gasteiger partial charge in [0.1, 0.15) is 0 Å². The SMILES string of the molecule is NCCCNCCCCNC(=O)/C=C/c1ccc(O)c(O)c1. The lowest BCUT2D eigenvalue weighted by atomic mass is 10.2. The quantitative estimate of drug-likeness (QED) is 0.251. The molecule has 0 aliphatic rings. The lowest BCUT2D eigenvalue weighted by Gasteiger charge is -2.04. The zero-order chi connectivity index (χ0) is 16.2. The molecule has 0 radical (unpaired) electrons. The molecule has 1 amide bonds. The fourth-order valence-electron chi connectivity index (χ4n) is 1.81. The summed E-state index contributed by atoms with van der Waals surface area (Å²) in [5, 5.41) is 24.6. The van der Waals surface area contributed by atoms with Crippen molar-refractivity contribution in [2.24, 2.45) is 5.73 Å². The molecule has 6 N–H and O–H groups in total. The Kier molecular flexibility index (Phi) is 8.71. The third kappa shape index (κ3) is 7.66. The molecule has 0 saturated heterocycles. The maximum Gasteiger partial charge on any atom is 0.243 e. The lowest BCUT2D eigenvalue weighted by Crippen LogP contribution is -2.24. The number of amides is 1. The molecule has 0 fully saturated rings. The van der Waals surface area contributed by atoms with Crippen molar-refractivity contribution in [3.05, 3.63) is 29.8 Å². The van der Waals surface area contributed by atoms with E-state index in [0.717, 1.165) is 32.4 Å². The minimum absolute atomic E-state index is 0.177. The van der Waals surface area contributed by atoms with Crippen molar-refractivity contribution in [1.82, 2.24) is 10.6 Å². The second kappa shape index (κ2) is 10.6. The Morgan fingerprint density at radius 1 is 1.09 bits per heavy atom. The van der Waals surface area contributed by atoms with E-state index in [1.54, 1.807) is 12.1 Å². The Hall–Kier alpha value is -2.05. The highest BCUT2D eigenvalue weighted by molar-refractivity contribution is 5.91. The van der Waals surface area contributed by atoms with E-state index in [2.05, 4.69) is 10.6 Å². The van der Waals surface area contributed by atoms with Crippen molar-refractivity contribution in [3.8, 4) is 11.5 Å². The molecular formula is C16H25N3O3. The second-order valence-corrected chi connectivity index (χ2v) is 4.97. The van der Waals surface area contributed by atoms with Gasteiger partial charge in [-0.1, -0.05) is 6.07 Å². The van der Waals surface area contributed by atoms with E-state index < -0.39 is 0 Å². The van der Waals surface area contributed by atoms with E-state index in [1.807, 2.05) is 0 Å². The standard InChI is InChI=1S/C16H25N3O3/c17-8-3-10-18-9-1-2-11-19-16(22)7-5-13-4-6-14(20)15(21)12-13/h4-7,12,18,20-21H,1-3,8-11,17H2,(H,19,22)/b7-5+. The van der Waals surface area contributed by atoms with Gasteiger partial charge in [0, 0.05) is 12.6 Å². The van der Waals surface area contributed by atoms with Crippen LogP contribution >= 0.6 is 0 Å². The zero-order valence-corrected chi connectivity index (χ0v) is 12.7. The number of hydrogen-bond donors (Lipinski definition) is 5. The molecule has 0 aliphatic heterocycles. The van der Waals surface area contributed by atoms with Crippen molar-refractivity contribution in [2.75, 3.05) is 26.2 Å². The van der Waals surface area contributed by atoms with E-state index in [-0.39, 0.29) is 17.4 Å². The van der Waals surface area contributed by atoms with Crippen LogP contribution in [-0.4, -0.2) is 42.3 Å². The van der Waals surface area contributed by atoms with Crippen LogP contribution in [0, 0.1) is 0 Å². The predicted molar refractivity (Wildman–Crippen MR) is 87.6 cm³/mol. The first-order chi connectivity index (χ1) is 10.6. The van der Waals surface area contributed by atoms with Gasteiger partial charge in [-0.3, -0.25) is 4.79 Å². The normalized spacial score (nSPS) is 11.0. The number of hydrogen-bond acceptors (Lipinski definition) is 5. The number of unbranched alkanes of at least 4 members (excludes halogenated alkanes) is 1. The van der Waals surface area contributed by atoms with Crippen molar-refractivity contribution in [3.63, 3.8) is 0 Å². The minimum Gasteiger partial charge on any atom is -0.504 e. The Morgan fingerprint density at radius 2 is 1.82 bits per heavy atom. The summed E-state index contributed by atoms with van der Waals surface area (Å²) in [6.07, 6.45) is 5.89. The molecule has 1 rings (SSSR count). The van der Waals surface area contributed by atoms with Crippen LogP contribution in [0.5, 0.6) is 11.5 Å². The topological polar surface area (TPSA) is 108 Å². The molecule has 0 spiro atoms. The number of phenolic OH excluding ortho intramolecular Hbond substituents is 2. The summed E-state index contributed by atoms with van der Waals surface area (Å²) in [6.45, 7) is 3.19. The number of nitrogens with one attached hydrogen (secondary N) is 2. The molecule has 0 saturated carbocycles. The van der Waals surface area contributed by atoms with E-state index in [0.29, 0.717) is 18.7 Å². The molecule has 6 heteroatoms. The largest absolute Gasteiger partial charge is 0.504 e. The first-order valence-corrected chi connectivity index (χ1v) is 7.52. The smallest absolute Gasteiger partial charge is 0.243 e. The monoisotopic (exact) mass is 307 g/mol. The summed E-state index contributed by atoms with van der Waals surface area (Å²) >= 11 is 0. The van der Waals surface area contributed by atoms with Gasteiger partial charge in [-0.15, -0.1) is 0 Å². The Morgan fingerprint density at radius 3 is 2.55 bits per heavy atom. The van der Waals surface area contributed by atoms with Crippen LogP contribution in [0.15, 0.2) is 24.3 Å². The van der Waals surface area contributed by atoms with Gasteiger partial charge in [0.2, 0.25) is 5.91 Å². The first-order valence-electron chi connectivity index (χ1n) is 7.52. The molecule has 1 aromatic rings. The number of rotatable bonds is 10. The summed E-state index contributed by atoms with van der Waals surface area (Å²) in [5.41, 5.74) is 6.04. The summed E-state index contributed by atoms with van der Waals surface area (Å²) in [6, 6.07) is 4.39. The van der Waals surface area contributed by atoms with Gasteiger partial charge in [-0.25, -0.2) is 0 Å². The Labute approximate surface area is 131 Å². The van der Waals surface area contributed by atoms with Crippen LogP contribution in [0.1, 0.15) is 24.8 Å². The first kappa shape index (κ1) is 18.0. The maximum absolute atomic E-state index is 11.6. The van der Waals surface area contributed by atoms with Crippen LogP contribution in [0.3, 0.4) is 0 Å². The fourth-order valence-corrected chi connectivity index (χ4v) is 1.81. The number of carbonyl (C=O) groups is 1. The van der Waals surface area contributed by atoms with Gasteiger partial charge >= 0.3 is 0 Å². The third-order valence-electron chi connectivity index (χ3n) is 3.06. The molecule has 1 aromatic carbocycles. The zero-order valence-electron chi connectivity index (χ0n) is 12.7. The summed E-state index contributed by atoms with van der Waals surface area (Å²) < 4.78 is 0. The van der Waals surface area contributed by atoms with Gasteiger partial charge < -0.3 is 26.6 Å². The Bertz CT molecular complexity index is 490. The van der Waals surface area contributed by atoms with Gasteiger partial charge in [-0.2, -0.15) is 0 Å². The van der Waals surface area contributed by atoms with Crippen LogP contribution in [-0.2, 0) is 4.79 Å². The molecule has 0 aliphatic carbocycles. The highest BCUT2D eigenvalue weighted by Gasteiger charge is 1.99. The number of aromatic hydroxyl groups is 2. The number of nitrogens with two attached hydrogens (primary N) is 1. The molecule has 0 bridgehead atoms. The summed E-state index contributed by atoms with van der Waals surface area (Å²) in [7, 11) is 0. The van der Waals surface area contributed by atoms with Gasteiger partial charge in [0.25, 0.3) is 0 Å². The predicted octanol–water partition coefficient (Wildman–Crippen LogP) is 0.946. The van der Waals surface area contributed by atoms with E-state index in [4.69, 9.17) is 5.73 Å². The highest BCUT2D eigenvalue weighted by atomic mass is 16.3. The molecule has 0 unspecified atom stereocenters. The summed E-state index contributed by atoms with van der Waals surface area (Å²) in [4.78, 5) is 11.6. The van der Waals surface area contributed by atoms with Crippen LogP contribution in [0.25, 0.3) is 6.08 Å². The van der Waals surface area contributed by atoms with Crippen molar-refractivity contribution in [1.29, 1.82) is 0 Å².